The first-order chi connectivity index (χ1) is 17.7. The van der Waals surface area contributed by atoms with Gasteiger partial charge in [0.05, 0.1) is 13.7 Å². The average Bonchev–Trinajstić information content (AvgIpc) is 3.53. The van der Waals surface area contributed by atoms with Crippen LogP contribution in [0.5, 0.6) is 5.75 Å². The van der Waals surface area contributed by atoms with Crippen LogP contribution in [0.3, 0.4) is 0 Å². The summed E-state index contributed by atoms with van der Waals surface area (Å²) in [5, 5.41) is 4.73. The molecule has 0 radical (unpaired) electrons. The molecule has 0 fully saturated rings. The number of carbonyl (C=O) groups excluding carboxylic acids is 1. The number of benzene rings is 1. The van der Waals surface area contributed by atoms with E-state index >= 15 is 0 Å². The number of hydrogen-bond acceptors (Lipinski definition) is 6. The number of rotatable bonds is 9. The van der Waals surface area contributed by atoms with Crippen LogP contribution in [0.1, 0.15) is 39.9 Å². The molecular formula is C28H31N5O3. The molecule has 0 amide bonds. The maximum atomic E-state index is 12.8. The SMILES string of the molecule is CCOC(=O)c1nn(CCc2ccc(OC)cc2)c2c1CN(Cc1cccn1-c1ccccn1)CC2. The van der Waals surface area contributed by atoms with Gasteiger partial charge >= 0.3 is 5.97 Å². The summed E-state index contributed by atoms with van der Waals surface area (Å²) in [6, 6.07) is 18.2. The molecule has 0 N–H and O–H groups in total. The normalized spacial score (nSPS) is 13.4. The van der Waals surface area contributed by atoms with Crippen molar-refractivity contribution in [3.8, 4) is 11.6 Å². The zero-order valence-corrected chi connectivity index (χ0v) is 20.8. The molecule has 4 aromatic rings. The maximum absolute atomic E-state index is 12.8. The molecule has 1 aliphatic heterocycles. The van der Waals surface area contributed by atoms with Gasteiger partial charge in [-0.15, -0.1) is 0 Å². The summed E-state index contributed by atoms with van der Waals surface area (Å²) >= 11 is 0. The standard InChI is InChI=1S/C28H31N5O3/c1-3-36-28(34)27-24-20-31(19-22-7-6-16-32(22)26-8-4-5-15-29-26)17-14-25(24)33(30-27)18-13-21-9-11-23(35-2)12-10-21/h4-12,15-16H,3,13-14,17-20H2,1-2H3. The third-order valence-electron chi connectivity index (χ3n) is 6.57. The largest absolute Gasteiger partial charge is 0.497 e. The van der Waals surface area contributed by atoms with Crippen LogP contribution in [0.2, 0.25) is 0 Å². The zero-order chi connectivity index (χ0) is 24.9. The Morgan fingerprint density at radius 3 is 2.69 bits per heavy atom. The number of pyridine rings is 1. The Morgan fingerprint density at radius 2 is 1.94 bits per heavy atom. The highest BCUT2D eigenvalue weighted by Crippen LogP contribution is 2.26. The lowest BCUT2D eigenvalue weighted by Crippen LogP contribution is -2.32. The minimum atomic E-state index is -0.351. The van der Waals surface area contributed by atoms with Crippen LogP contribution in [0.15, 0.2) is 67.0 Å². The van der Waals surface area contributed by atoms with Crippen LogP contribution in [-0.2, 0) is 37.2 Å². The van der Waals surface area contributed by atoms with E-state index in [0.29, 0.717) is 25.4 Å². The third kappa shape index (κ3) is 5.04. The number of carbonyl (C=O) groups is 1. The fraction of sp³-hybridized carbons (Fsp3) is 0.321. The number of methoxy groups -OCH3 is 1. The van der Waals surface area contributed by atoms with Gasteiger partial charge in [-0.2, -0.15) is 5.10 Å². The van der Waals surface area contributed by atoms with Crippen molar-refractivity contribution in [2.24, 2.45) is 0 Å². The van der Waals surface area contributed by atoms with Crippen LogP contribution in [-0.4, -0.2) is 50.5 Å². The van der Waals surface area contributed by atoms with Gasteiger partial charge in [-0.25, -0.2) is 9.78 Å². The number of aromatic nitrogens is 4. The number of aryl methyl sites for hydroxylation is 2. The molecule has 186 valence electrons. The van der Waals surface area contributed by atoms with Crippen LogP contribution in [0, 0.1) is 0 Å². The monoisotopic (exact) mass is 485 g/mol. The van der Waals surface area contributed by atoms with Crippen molar-refractivity contribution >= 4 is 5.97 Å². The minimum absolute atomic E-state index is 0.327. The molecule has 0 bridgehead atoms. The zero-order valence-electron chi connectivity index (χ0n) is 20.8. The highest BCUT2D eigenvalue weighted by atomic mass is 16.5. The van der Waals surface area contributed by atoms with Gasteiger partial charge < -0.3 is 14.0 Å². The Labute approximate surface area is 211 Å². The molecule has 0 saturated heterocycles. The van der Waals surface area contributed by atoms with Crippen molar-refractivity contribution in [3.05, 3.63) is 95.2 Å². The van der Waals surface area contributed by atoms with E-state index in [4.69, 9.17) is 14.6 Å². The molecule has 1 aromatic carbocycles. The summed E-state index contributed by atoms with van der Waals surface area (Å²) in [6.07, 6.45) is 5.49. The molecule has 0 saturated carbocycles. The number of fused-ring (bicyclic) bond motifs is 1. The first kappa shape index (κ1) is 23.8. The summed E-state index contributed by atoms with van der Waals surface area (Å²) in [6.45, 7) is 5.14. The second-order valence-corrected chi connectivity index (χ2v) is 8.83. The van der Waals surface area contributed by atoms with Crippen molar-refractivity contribution in [3.63, 3.8) is 0 Å². The van der Waals surface area contributed by atoms with Crippen LogP contribution in [0.4, 0.5) is 0 Å². The molecule has 4 heterocycles. The van der Waals surface area contributed by atoms with Crippen molar-refractivity contribution in [2.45, 2.75) is 39.4 Å². The fourth-order valence-corrected chi connectivity index (χ4v) is 4.75. The molecule has 36 heavy (non-hydrogen) atoms. The van der Waals surface area contributed by atoms with E-state index in [0.717, 1.165) is 54.4 Å². The van der Waals surface area contributed by atoms with Crippen LogP contribution >= 0.6 is 0 Å². The van der Waals surface area contributed by atoms with E-state index in [1.54, 1.807) is 13.3 Å². The van der Waals surface area contributed by atoms with E-state index < -0.39 is 0 Å². The lowest BCUT2D eigenvalue weighted by atomic mass is 10.0. The first-order valence-corrected chi connectivity index (χ1v) is 12.3. The molecule has 0 atom stereocenters. The van der Waals surface area contributed by atoms with Crippen molar-refractivity contribution in [1.29, 1.82) is 0 Å². The van der Waals surface area contributed by atoms with Gasteiger partial charge in [-0.3, -0.25) is 9.58 Å². The number of ether oxygens (including phenoxy) is 2. The summed E-state index contributed by atoms with van der Waals surface area (Å²) in [5.74, 6) is 1.39. The highest BCUT2D eigenvalue weighted by molar-refractivity contribution is 5.89. The summed E-state index contributed by atoms with van der Waals surface area (Å²) in [7, 11) is 1.67. The Balaban J connectivity index is 1.35. The van der Waals surface area contributed by atoms with Gasteiger partial charge in [0.15, 0.2) is 5.69 Å². The predicted octanol–water partition coefficient (Wildman–Crippen LogP) is 4.06. The Kier molecular flexibility index (Phi) is 7.13. The third-order valence-corrected chi connectivity index (χ3v) is 6.57. The second-order valence-electron chi connectivity index (χ2n) is 8.83. The molecule has 0 aliphatic carbocycles. The van der Waals surface area contributed by atoms with Gasteiger partial charge in [0.1, 0.15) is 11.6 Å². The van der Waals surface area contributed by atoms with Gasteiger partial charge in [-0.05, 0) is 55.3 Å². The molecule has 8 nitrogen and oxygen atoms in total. The van der Waals surface area contributed by atoms with Gasteiger partial charge in [0.2, 0.25) is 0 Å². The number of nitrogens with zero attached hydrogens (tertiary/aromatic N) is 5. The lowest BCUT2D eigenvalue weighted by Gasteiger charge is -2.28. The number of hydrogen-bond donors (Lipinski definition) is 0. The van der Waals surface area contributed by atoms with E-state index in [1.807, 2.05) is 54.2 Å². The van der Waals surface area contributed by atoms with Crippen molar-refractivity contribution in [1.82, 2.24) is 24.2 Å². The second kappa shape index (κ2) is 10.8. The van der Waals surface area contributed by atoms with Gasteiger partial charge in [-0.1, -0.05) is 18.2 Å². The molecule has 3 aromatic heterocycles. The topological polar surface area (TPSA) is 74.4 Å². The first-order valence-electron chi connectivity index (χ1n) is 12.3. The Bertz CT molecular complexity index is 1310. The van der Waals surface area contributed by atoms with Crippen LogP contribution in [0.25, 0.3) is 5.82 Å². The molecule has 1 aliphatic rings. The summed E-state index contributed by atoms with van der Waals surface area (Å²) in [5.41, 5.74) is 4.90. The summed E-state index contributed by atoms with van der Waals surface area (Å²) < 4.78 is 14.7. The Hall–Kier alpha value is -3.91. The molecule has 0 spiro atoms. The molecule has 5 rings (SSSR count). The quantitative estimate of drug-likeness (QED) is 0.333. The van der Waals surface area contributed by atoms with Crippen molar-refractivity contribution in [2.75, 3.05) is 20.3 Å². The smallest absolute Gasteiger partial charge is 0.359 e. The minimum Gasteiger partial charge on any atom is -0.497 e. The lowest BCUT2D eigenvalue weighted by molar-refractivity contribution is 0.0515. The molecular weight excluding hydrogens is 454 g/mol. The van der Waals surface area contributed by atoms with E-state index in [1.165, 1.54) is 5.56 Å². The van der Waals surface area contributed by atoms with E-state index in [9.17, 15) is 4.79 Å². The van der Waals surface area contributed by atoms with Crippen molar-refractivity contribution < 1.29 is 14.3 Å². The van der Waals surface area contributed by atoms with Crippen LogP contribution < -0.4 is 4.74 Å². The Morgan fingerprint density at radius 1 is 1.08 bits per heavy atom. The highest BCUT2D eigenvalue weighted by Gasteiger charge is 2.29. The average molecular weight is 486 g/mol. The summed E-state index contributed by atoms with van der Waals surface area (Å²) in [4.78, 5) is 19.6. The van der Waals surface area contributed by atoms with Gasteiger partial charge in [0.25, 0.3) is 0 Å². The number of esters is 1. The molecule has 0 unspecified atom stereocenters. The van der Waals surface area contributed by atoms with E-state index in [2.05, 4.69) is 32.7 Å². The predicted molar refractivity (Wildman–Crippen MR) is 136 cm³/mol. The fourth-order valence-electron chi connectivity index (χ4n) is 4.75. The van der Waals surface area contributed by atoms with E-state index in [-0.39, 0.29) is 5.97 Å². The van der Waals surface area contributed by atoms with Gasteiger partial charge in [0, 0.05) is 61.9 Å². The molecule has 8 heteroatoms. The maximum Gasteiger partial charge on any atom is 0.359 e.